The van der Waals surface area contributed by atoms with Crippen LogP contribution in [0.2, 0.25) is 0 Å². The van der Waals surface area contributed by atoms with Gasteiger partial charge < -0.3 is 29.4 Å². The Morgan fingerprint density at radius 1 is 0.500 bits per heavy atom. The Labute approximate surface area is 103 Å². The van der Waals surface area contributed by atoms with Crippen LogP contribution in [0.25, 0.3) is 0 Å². The molecule has 0 amide bonds. The van der Waals surface area contributed by atoms with E-state index >= 15 is 0 Å². The molecule has 16 heavy (non-hydrogen) atoms. The molecule has 0 heterocycles. The number of benzene rings is 1. The molecular weight excluding hydrogens is 294 g/mol. The van der Waals surface area contributed by atoms with E-state index in [1.165, 1.54) is 0 Å². The van der Waals surface area contributed by atoms with E-state index in [1.54, 1.807) is 0 Å². The molecule has 0 aliphatic heterocycles. The lowest BCUT2D eigenvalue weighted by molar-refractivity contribution is 0.361. The Bertz CT molecular complexity index is 284. The molecule has 1 aromatic rings. The zero-order valence-corrected chi connectivity index (χ0v) is 11.3. The maximum atomic E-state index is 7.56. The molecule has 0 atom stereocenters. The Morgan fingerprint density at radius 3 is 0.625 bits per heavy atom. The summed E-state index contributed by atoms with van der Waals surface area (Å²) in [4.78, 5) is 45.3. The zero-order valence-electron chi connectivity index (χ0n) is 7.86. The van der Waals surface area contributed by atoms with Crippen molar-refractivity contribution in [2.24, 2.45) is 0 Å². The summed E-state index contributed by atoms with van der Waals surface area (Å²) in [5.41, 5.74) is 0. The van der Waals surface area contributed by atoms with E-state index in [-0.39, 0.29) is 0 Å². The lowest BCUT2D eigenvalue weighted by Crippen LogP contribution is -1.65. The Kier molecular flexibility index (Phi) is 10.9. The molecule has 1 rings (SSSR count). The van der Waals surface area contributed by atoms with Gasteiger partial charge in [0.25, 0.3) is 0 Å². The van der Waals surface area contributed by atoms with Gasteiger partial charge in [-0.15, -0.1) is 0 Å². The normalized spacial score (nSPS) is 10.4. The van der Waals surface area contributed by atoms with Crippen molar-refractivity contribution < 1.29 is 29.4 Å². The van der Waals surface area contributed by atoms with E-state index in [0.717, 1.165) is 0 Å². The van der Waals surface area contributed by atoms with Gasteiger partial charge in [-0.3, -0.25) is 0 Å². The second kappa shape index (κ2) is 9.32. The lowest BCUT2D eigenvalue weighted by Gasteiger charge is -1.88. The van der Waals surface area contributed by atoms with Crippen molar-refractivity contribution in [3.63, 3.8) is 0 Å². The molecule has 0 aliphatic rings. The Morgan fingerprint density at radius 2 is 0.562 bits per heavy atom. The van der Waals surface area contributed by atoms with Crippen LogP contribution in [-0.2, 0) is 23.6 Å². The van der Waals surface area contributed by atoms with Gasteiger partial charge in [0, 0.05) is 0 Å². The summed E-state index contributed by atoms with van der Waals surface area (Å²) < 4.78 is 0. The standard InChI is InChI=1S/C6H6.2H3O3PS/c1-2-4-6-5-3-1;2*1-4(2,3)5/h1-6H;2*(H3,1,2,3,5). The molecular formula is C6H12O6P2S2. The van der Waals surface area contributed by atoms with Gasteiger partial charge in [-0.1, -0.05) is 36.4 Å². The smallest absolute Gasteiger partial charge is 0.319 e. The molecule has 1 aromatic carbocycles. The largest absolute Gasteiger partial charge is 0.325 e. The SMILES string of the molecule is OP(O)(O)=S.OP(O)(O)=S.c1ccccc1. The van der Waals surface area contributed by atoms with E-state index in [2.05, 4.69) is 23.6 Å². The van der Waals surface area contributed by atoms with Crippen LogP contribution >= 0.6 is 13.4 Å². The molecule has 0 unspecified atom stereocenters. The molecule has 0 aromatic heterocycles. The van der Waals surface area contributed by atoms with Gasteiger partial charge in [0.1, 0.15) is 0 Å². The third-order valence-electron chi connectivity index (χ3n) is 0.667. The van der Waals surface area contributed by atoms with Crippen molar-refractivity contribution in [1.82, 2.24) is 0 Å². The first-order valence-electron chi connectivity index (χ1n) is 3.57. The summed E-state index contributed by atoms with van der Waals surface area (Å²) >= 11 is 7.21. The molecule has 94 valence electrons. The van der Waals surface area contributed by atoms with Crippen molar-refractivity contribution in [2.75, 3.05) is 0 Å². The molecule has 10 heteroatoms. The van der Waals surface area contributed by atoms with Crippen LogP contribution in [0.3, 0.4) is 0 Å². The first-order valence-corrected chi connectivity index (χ1v) is 8.89. The molecule has 0 saturated carbocycles. The average Bonchev–Trinajstić information content (AvgIpc) is 2.01. The quantitative estimate of drug-likeness (QED) is 0.372. The molecule has 0 bridgehead atoms. The number of hydrogen-bond donors (Lipinski definition) is 6. The van der Waals surface area contributed by atoms with E-state index in [4.69, 9.17) is 29.4 Å². The van der Waals surface area contributed by atoms with Crippen LogP contribution in [0.15, 0.2) is 36.4 Å². The molecule has 6 N–H and O–H groups in total. The Hall–Kier alpha value is 0.280. The predicted molar refractivity (Wildman–Crippen MR) is 68.3 cm³/mol. The average molecular weight is 306 g/mol. The van der Waals surface area contributed by atoms with E-state index < -0.39 is 13.4 Å². The van der Waals surface area contributed by atoms with Crippen LogP contribution < -0.4 is 0 Å². The zero-order chi connectivity index (χ0) is 13.2. The van der Waals surface area contributed by atoms with Crippen molar-refractivity contribution in [2.45, 2.75) is 0 Å². The monoisotopic (exact) mass is 306 g/mol. The fourth-order valence-corrected chi connectivity index (χ4v) is 0.385. The van der Waals surface area contributed by atoms with Crippen LogP contribution in [0.5, 0.6) is 0 Å². The van der Waals surface area contributed by atoms with Gasteiger partial charge in [0.2, 0.25) is 0 Å². The highest BCUT2D eigenvalue weighted by atomic mass is 32.5. The first kappa shape index (κ1) is 18.6. The van der Waals surface area contributed by atoms with Gasteiger partial charge in [0.05, 0.1) is 0 Å². The lowest BCUT2D eigenvalue weighted by atomic mass is 10.4. The van der Waals surface area contributed by atoms with Gasteiger partial charge in [-0.2, -0.15) is 0 Å². The van der Waals surface area contributed by atoms with E-state index in [0.29, 0.717) is 0 Å². The second-order valence-electron chi connectivity index (χ2n) is 2.18. The molecule has 6 nitrogen and oxygen atoms in total. The maximum absolute atomic E-state index is 7.56. The topological polar surface area (TPSA) is 121 Å². The summed E-state index contributed by atoms with van der Waals surface area (Å²) in [7, 11) is 0. The van der Waals surface area contributed by atoms with E-state index in [9.17, 15) is 0 Å². The van der Waals surface area contributed by atoms with Crippen molar-refractivity contribution in [1.29, 1.82) is 0 Å². The maximum Gasteiger partial charge on any atom is 0.319 e. The minimum Gasteiger partial charge on any atom is -0.325 e. The van der Waals surface area contributed by atoms with Crippen molar-refractivity contribution in [3.8, 4) is 0 Å². The molecule has 0 spiro atoms. The van der Waals surface area contributed by atoms with Crippen molar-refractivity contribution >= 4 is 37.1 Å². The van der Waals surface area contributed by atoms with Crippen LogP contribution in [0.4, 0.5) is 0 Å². The highest BCUT2D eigenvalue weighted by Crippen LogP contribution is 2.26. The summed E-state index contributed by atoms with van der Waals surface area (Å²) in [6.07, 6.45) is 0. The summed E-state index contributed by atoms with van der Waals surface area (Å²) in [5.74, 6) is 0. The third-order valence-corrected chi connectivity index (χ3v) is 0.667. The molecule has 0 aliphatic carbocycles. The van der Waals surface area contributed by atoms with Crippen LogP contribution in [0, 0.1) is 0 Å². The Balaban J connectivity index is 0. The number of rotatable bonds is 0. The fourth-order valence-electron chi connectivity index (χ4n) is 0.385. The molecule has 0 saturated heterocycles. The summed E-state index contributed by atoms with van der Waals surface area (Å²) in [5, 5.41) is 0. The van der Waals surface area contributed by atoms with Crippen LogP contribution in [0.1, 0.15) is 0 Å². The third kappa shape index (κ3) is 63.9. The summed E-state index contributed by atoms with van der Waals surface area (Å²) in [6.45, 7) is -7.61. The fraction of sp³-hybridized carbons (Fsp3) is 0. The van der Waals surface area contributed by atoms with Gasteiger partial charge in [0.15, 0.2) is 0 Å². The highest BCUT2D eigenvalue weighted by Gasteiger charge is 1.92. The first-order chi connectivity index (χ1) is 7.00. The minimum absolute atomic E-state index is 2.00. The second-order valence-corrected chi connectivity index (χ2v) is 7.17. The van der Waals surface area contributed by atoms with Gasteiger partial charge in [-0.05, 0) is 23.6 Å². The minimum atomic E-state index is -3.81. The van der Waals surface area contributed by atoms with Crippen molar-refractivity contribution in [3.05, 3.63) is 36.4 Å². The van der Waals surface area contributed by atoms with Crippen LogP contribution in [-0.4, -0.2) is 29.4 Å². The molecule has 0 radical (unpaired) electrons. The molecule has 0 fully saturated rings. The summed E-state index contributed by atoms with van der Waals surface area (Å²) in [6, 6.07) is 12.0. The predicted octanol–water partition coefficient (Wildman–Crippen LogP) is 0.0622. The van der Waals surface area contributed by atoms with Gasteiger partial charge >= 0.3 is 13.4 Å². The highest BCUT2D eigenvalue weighted by molar-refractivity contribution is 8.06. The van der Waals surface area contributed by atoms with E-state index in [1.807, 2.05) is 36.4 Å². The van der Waals surface area contributed by atoms with Gasteiger partial charge in [-0.25, -0.2) is 0 Å². The number of hydrogen-bond acceptors (Lipinski definition) is 2.